The first-order chi connectivity index (χ1) is 7.94. The van der Waals surface area contributed by atoms with Gasteiger partial charge >= 0.3 is 22.8 Å². The van der Waals surface area contributed by atoms with Crippen molar-refractivity contribution >= 4 is 10.2 Å². The Labute approximate surface area is 103 Å². The van der Waals surface area contributed by atoms with Gasteiger partial charge in [-0.25, -0.2) is 8.78 Å². The maximum atomic E-state index is 12.0. The number of nitrogens with zero attached hydrogens (tertiary/aromatic N) is 1. The normalized spacial score (nSPS) is 12.6. The molecule has 0 aromatic rings. The first-order valence-electron chi connectivity index (χ1n) is 4.97. The average Bonchev–Trinajstić information content (AvgIpc) is 2.17. The largest absolute Gasteiger partial charge is 0.414 e. The lowest BCUT2D eigenvalue weighted by Crippen LogP contribution is -2.27. The third-order valence-electron chi connectivity index (χ3n) is 1.81. The summed E-state index contributed by atoms with van der Waals surface area (Å²) in [5.41, 5.74) is 0. The van der Waals surface area contributed by atoms with E-state index in [4.69, 9.17) is 5.11 Å². The summed E-state index contributed by atoms with van der Waals surface area (Å²) in [6.07, 6.45) is -8.81. The fraction of sp³-hybridized carbons (Fsp3) is 1.00. The van der Waals surface area contributed by atoms with Gasteiger partial charge in [-0.15, -0.1) is 3.89 Å². The highest BCUT2D eigenvalue weighted by Gasteiger charge is 2.37. The van der Waals surface area contributed by atoms with Gasteiger partial charge in [-0.05, 0) is 13.1 Å². The van der Waals surface area contributed by atoms with E-state index in [-0.39, 0.29) is 6.54 Å². The Balaban J connectivity index is 0. The predicted molar refractivity (Wildman–Crippen MR) is 55.9 cm³/mol. The van der Waals surface area contributed by atoms with Crippen LogP contribution in [0.3, 0.4) is 0 Å². The van der Waals surface area contributed by atoms with Gasteiger partial charge in [0, 0.05) is 6.54 Å². The lowest BCUT2D eigenvalue weighted by molar-refractivity contribution is -0.271. The summed E-state index contributed by atoms with van der Waals surface area (Å²) in [5, 5.41) is 7.01. The van der Waals surface area contributed by atoms with Crippen molar-refractivity contribution in [1.82, 2.24) is 4.90 Å². The zero-order valence-electron chi connectivity index (χ0n) is 9.91. The van der Waals surface area contributed by atoms with Gasteiger partial charge in [-0.2, -0.15) is 17.2 Å². The topological polar surface area (TPSA) is 57.6 Å². The van der Waals surface area contributed by atoms with Crippen molar-refractivity contribution in [2.24, 2.45) is 0 Å². The van der Waals surface area contributed by atoms with E-state index in [1.165, 1.54) is 0 Å². The average molecular weight is 301 g/mol. The summed E-state index contributed by atoms with van der Waals surface area (Å²) < 4.78 is 74.5. The van der Waals surface area contributed by atoms with Crippen LogP contribution in [0.4, 0.5) is 21.4 Å². The molecule has 10 heteroatoms. The molecule has 0 fully saturated rings. The molecule has 0 rings (SSSR count). The van der Waals surface area contributed by atoms with Gasteiger partial charge in [0.15, 0.2) is 0 Å². The molecular formula is C8H16F5NO3S. The summed E-state index contributed by atoms with van der Waals surface area (Å²) in [5.74, 6) is -0.394. The number of rotatable bonds is 6. The van der Waals surface area contributed by atoms with E-state index < -0.39 is 28.5 Å². The van der Waals surface area contributed by atoms with E-state index in [1.807, 2.05) is 18.7 Å². The molecule has 0 radical (unpaired) electrons. The van der Waals surface area contributed by atoms with E-state index in [9.17, 15) is 29.9 Å². The fourth-order valence-corrected chi connectivity index (χ4v) is 1.25. The van der Waals surface area contributed by atoms with Crippen molar-refractivity contribution in [2.45, 2.75) is 26.4 Å². The third kappa shape index (κ3) is 13.6. The molecule has 0 bridgehead atoms. The van der Waals surface area contributed by atoms with Crippen LogP contribution in [0, 0.1) is 0 Å². The van der Waals surface area contributed by atoms with Gasteiger partial charge < -0.3 is 10.0 Å². The molecule has 0 aliphatic rings. The molecule has 112 valence electrons. The monoisotopic (exact) mass is 301 g/mol. The third-order valence-corrected chi connectivity index (χ3v) is 2.48. The van der Waals surface area contributed by atoms with Crippen LogP contribution >= 0.6 is 0 Å². The van der Waals surface area contributed by atoms with Crippen molar-refractivity contribution in [2.75, 3.05) is 25.4 Å². The van der Waals surface area contributed by atoms with E-state index in [0.29, 0.717) is 0 Å². The molecule has 0 saturated carbocycles. The first-order valence-corrected chi connectivity index (χ1v) is 6.52. The van der Waals surface area contributed by atoms with Gasteiger partial charge in [0.1, 0.15) is 0 Å². The van der Waals surface area contributed by atoms with Crippen molar-refractivity contribution in [3.63, 3.8) is 0 Å². The van der Waals surface area contributed by atoms with E-state index in [2.05, 4.69) is 0 Å². The van der Waals surface area contributed by atoms with Crippen LogP contribution in [0.25, 0.3) is 0 Å². The first kappa shape index (κ1) is 19.9. The minimum absolute atomic E-state index is 0.284. The molecule has 0 aliphatic heterocycles. The van der Waals surface area contributed by atoms with Crippen LogP contribution in [0.5, 0.6) is 0 Å². The molecular weight excluding hydrogens is 285 g/mol. The van der Waals surface area contributed by atoms with Crippen LogP contribution in [-0.4, -0.2) is 56.3 Å². The Bertz CT molecular complexity index is 300. The number of hydrogen-bond acceptors (Lipinski definition) is 4. The molecule has 0 aromatic carbocycles. The van der Waals surface area contributed by atoms with Gasteiger partial charge in [-0.3, -0.25) is 0 Å². The SMILES string of the molecule is CCN(CC)CCS(=O)(=O)F.OC(F)(F)C(F)F. The van der Waals surface area contributed by atoms with Crippen LogP contribution < -0.4 is 0 Å². The Hall–Kier alpha value is -0.480. The summed E-state index contributed by atoms with van der Waals surface area (Å²) in [7, 11) is -4.28. The van der Waals surface area contributed by atoms with Crippen LogP contribution in [0.2, 0.25) is 0 Å². The zero-order chi connectivity index (χ0) is 15.0. The minimum atomic E-state index is -4.83. The van der Waals surface area contributed by atoms with Gasteiger partial charge in [0.05, 0.1) is 5.75 Å². The van der Waals surface area contributed by atoms with Gasteiger partial charge in [0.2, 0.25) is 0 Å². The van der Waals surface area contributed by atoms with E-state index in [1.54, 1.807) is 0 Å². The van der Waals surface area contributed by atoms with Crippen molar-refractivity contribution in [3.05, 3.63) is 0 Å². The molecule has 4 nitrogen and oxygen atoms in total. The molecule has 0 atom stereocenters. The fourth-order valence-electron chi connectivity index (χ4n) is 0.778. The smallest absolute Gasteiger partial charge is 0.332 e. The quantitative estimate of drug-likeness (QED) is 0.596. The van der Waals surface area contributed by atoms with Gasteiger partial charge in [-0.1, -0.05) is 13.8 Å². The lowest BCUT2D eigenvalue weighted by atomic mass is 10.5. The van der Waals surface area contributed by atoms with Crippen molar-refractivity contribution in [1.29, 1.82) is 0 Å². The highest BCUT2D eigenvalue weighted by atomic mass is 32.3. The van der Waals surface area contributed by atoms with E-state index in [0.717, 1.165) is 13.1 Å². The molecule has 0 aliphatic carbocycles. The molecule has 0 saturated heterocycles. The number of alkyl halides is 4. The van der Waals surface area contributed by atoms with Crippen molar-refractivity contribution in [3.8, 4) is 0 Å². The Morgan fingerprint density at radius 2 is 1.56 bits per heavy atom. The molecule has 18 heavy (non-hydrogen) atoms. The minimum Gasteiger partial charge on any atom is -0.332 e. The maximum Gasteiger partial charge on any atom is 0.414 e. The van der Waals surface area contributed by atoms with Crippen LogP contribution in [-0.2, 0) is 10.2 Å². The zero-order valence-corrected chi connectivity index (χ0v) is 10.7. The number of halogens is 5. The molecule has 1 N–H and O–H groups in total. The second-order valence-corrected chi connectivity index (χ2v) is 4.64. The summed E-state index contributed by atoms with van der Waals surface area (Å²) in [4.78, 5) is 1.86. The Morgan fingerprint density at radius 1 is 1.22 bits per heavy atom. The highest BCUT2D eigenvalue weighted by Crippen LogP contribution is 2.17. The van der Waals surface area contributed by atoms with Crippen molar-refractivity contribution < 1.29 is 35.0 Å². The summed E-state index contributed by atoms with van der Waals surface area (Å²) >= 11 is 0. The molecule has 0 spiro atoms. The number of hydrogen-bond donors (Lipinski definition) is 1. The number of aliphatic hydroxyl groups is 1. The lowest BCUT2D eigenvalue weighted by Gasteiger charge is -2.15. The van der Waals surface area contributed by atoms with E-state index >= 15 is 0 Å². The second-order valence-electron chi connectivity index (χ2n) is 3.16. The highest BCUT2D eigenvalue weighted by molar-refractivity contribution is 7.86. The molecule has 0 unspecified atom stereocenters. The van der Waals surface area contributed by atoms with Crippen LogP contribution in [0.15, 0.2) is 0 Å². The summed E-state index contributed by atoms with van der Waals surface area (Å²) in [6.45, 7) is 5.62. The Kier molecular flexibility index (Phi) is 9.48. The maximum absolute atomic E-state index is 12.0. The molecule has 0 amide bonds. The van der Waals surface area contributed by atoms with Crippen LogP contribution in [0.1, 0.15) is 13.8 Å². The second kappa shape index (κ2) is 8.59. The summed E-state index contributed by atoms with van der Waals surface area (Å²) in [6, 6.07) is 0. The molecule has 0 aromatic heterocycles. The Morgan fingerprint density at radius 3 is 1.72 bits per heavy atom. The van der Waals surface area contributed by atoms with Gasteiger partial charge in [0.25, 0.3) is 0 Å². The predicted octanol–water partition coefficient (Wildman–Crippen LogP) is 1.46. The standard InChI is InChI=1S/C6H14FNO2S.C2H2F4O/c1-3-8(4-2)5-6-11(7,9)10;3-1(4)2(5,6)7/h3-6H2,1-2H3;1,7H. The molecule has 0 heterocycles.